The van der Waals surface area contributed by atoms with Crippen LogP contribution in [0.25, 0.3) is 0 Å². The molecule has 0 aliphatic carbocycles. The average Bonchev–Trinajstić information content (AvgIpc) is 2.57. The van der Waals surface area contributed by atoms with Crippen molar-refractivity contribution in [1.29, 1.82) is 0 Å². The predicted octanol–water partition coefficient (Wildman–Crippen LogP) is 2.17. The highest BCUT2D eigenvalue weighted by Gasteiger charge is 2.07. The highest BCUT2D eigenvalue weighted by atomic mass is 15.2. The Morgan fingerprint density at radius 2 is 2.08 bits per heavy atom. The lowest BCUT2D eigenvalue weighted by Gasteiger charge is -2.02. The zero-order chi connectivity index (χ0) is 8.39. The van der Waals surface area contributed by atoms with Crippen molar-refractivity contribution >= 4 is 11.9 Å². The van der Waals surface area contributed by atoms with Crippen LogP contribution in [0.1, 0.15) is 17.5 Å². The largest absolute Gasteiger partial charge is 0.163 e. The van der Waals surface area contributed by atoms with Crippen molar-refractivity contribution < 1.29 is 0 Å². The molecule has 0 saturated heterocycles. The summed E-state index contributed by atoms with van der Waals surface area (Å²) in [5.41, 5.74) is 3.56. The van der Waals surface area contributed by atoms with E-state index in [9.17, 15) is 0 Å². The van der Waals surface area contributed by atoms with Gasteiger partial charge in [-0.2, -0.15) is 10.2 Å². The molecule has 0 bridgehead atoms. The van der Waals surface area contributed by atoms with E-state index in [-0.39, 0.29) is 0 Å². The molecule has 0 aromatic heterocycles. The maximum Gasteiger partial charge on any atom is 0.0759 e. The van der Waals surface area contributed by atoms with E-state index < -0.39 is 0 Å². The van der Waals surface area contributed by atoms with Crippen LogP contribution < -0.4 is 0 Å². The molecule has 0 amide bonds. The van der Waals surface area contributed by atoms with Gasteiger partial charge in [-0.3, -0.25) is 0 Å². The van der Waals surface area contributed by atoms with Gasteiger partial charge in [-0.15, -0.1) is 0 Å². The van der Waals surface area contributed by atoms with Gasteiger partial charge < -0.3 is 0 Å². The van der Waals surface area contributed by atoms with Crippen LogP contribution in [-0.4, -0.2) is 11.9 Å². The minimum Gasteiger partial charge on any atom is -0.163 e. The molecule has 1 aromatic rings. The summed E-state index contributed by atoms with van der Waals surface area (Å²) in [5.74, 6) is 0. The molecule has 0 N–H and O–H groups in total. The first-order valence-corrected chi connectivity index (χ1v) is 4.02. The zero-order valence-electron chi connectivity index (χ0n) is 6.99. The number of aryl methyl sites for hydroxylation is 1. The first-order valence-electron chi connectivity index (χ1n) is 4.02. The van der Waals surface area contributed by atoms with Crippen LogP contribution in [0.15, 0.2) is 34.5 Å². The quantitative estimate of drug-likeness (QED) is 0.598. The number of hydrogen-bond donors (Lipinski definition) is 0. The second-order valence-corrected chi connectivity index (χ2v) is 2.86. The molecule has 0 spiro atoms. The van der Waals surface area contributed by atoms with Gasteiger partial charge in [0.2, 0.25) is 0 Å². The van der Waals surface area contributed by atoms with Crippen LogP contribution in [0, 0.1) is 6.92 Å². The second kappa shape index (κ2) is 2.89. The second-order valence-electron chi connectivity index (χ2n) is 2.86. The molecular formula is C10H10N2. The molecule has 60 valence electrons. The van der Waals surface area contributed by atoms with Gasteiger partial charge in [-0.05, 0) is 12.5 Å². The van der Waals surface area contributed by atoms with Gasteiger partial charge in [0.1, 0.15) is 0 Å². The van der Waals surface area contributed by atoms with Crippen molar-refractivity contribution in [3.05, 3.63) is 35.4 Å². The maximum atomic E-state index is 4.05. The molecule has 1 heterocycles. The molecule has 1 aromatic carbocycles. The van der Waals surface area contributed by atoms with Gasteiger partial charge in [-0.1, -0.05) is 24.3 Å². The third-order valence-corrected chi connectivity index (χ3v) is 2.00. The smallest absolute Gasteiger partial charge is 0.0759 e. The molecule has 2 heteroatoms. The lowest BCUT2D eigenvalue weighted by molar-refractivity contribution is 1.27. The van der Waals surface area contributed by atoms with Gasteiger partial charge in [-0.25, -0.2) is 0 Å². The molecule has 2 nitrogen and oxygen atoms in total. The fourth-order valence-electron chi connectivity index (χ4n) is 1.34. The van der Waals surface area contributed by atoms with Crippen LogP contribution >= 0.6 is 0 Å². The van der Waals surface area contributed by atoms with Crippen LogP contribution in [-0.2, 0) is 0 Å². The summed E-state index contributed by atoms with van der Waals surface area (Å²) < 4.78 is 0. The van der Waals surface area contributed by atoms with Gasteiger partial charge in [0, 0.05) is 18.2 Å². The van der Waals surface area contributed by atoms with Crippen molar-refractivity contribution in [1.82, 2.24) is 0 Å². The summed E-state index contributed by atoms with van der Waals surface area (Å²) in [4.78, 5) is 0. The van der Waals surface area contributed by atoms with E-state index in [1.54, 1.807) is 0 Å². The van der Waals surface area contributed by atoms with Crippen LogP contribution in [0.3, 0.4) is 0 Å². The van der Waals surface area contributed by atoms with Gasteiger partial charge in [0.05, 0.1) is 5.71 Å². The number of rotatable bonds is 1. The summed E-state index contributed by atoms with van der Waals surface area (Å²) >= 11 is 0. The molecule has 0 fully saturated rings. The van der Waals surface area contributed by atoms with Crippen molar-refractivity contribution in [2.75, 3.05) is 0 Å². The van der Waals surface area contributed by atoms with Crippen molar-refractivity contribution in [2.45, 2.75) is 13.3 Å². The van der Waals surface area contributed by atoms with E-state index in [1.807, 2.05) is 18.3 Å². The summed E-state index contributed by atoms with van der Waals surface area (Å²) in [6.07, 6.45) is 2.70. The summed E-state index contributed by atoms with van der Waals surface area (Å²) in [5, 5.41) is 7.90. The van der Waals surface area contributed by atoms with Crippen molar-refractivity contribution in [3.8, 4) is 0 Å². The zero-order valence-corrected chi connectivity index (χ0v) is 6.99. The number of nitrogens with zero attached hydrogens (tertiary/aromatic N) is 2. The highest BCUT2D eigenvalue weighted by Crippen LogP contribution is 2.12. The first-order chi connectivity index (χ1) is 5.88. The summed E-state index contributed by atoms with van der Waals surface area (Å²) in [6.45, 7) is 2.09. The standard InChI is InChI=1S/C10H10N2/c1-8-4-2-3-5-9(8)10-6-7-11-12-10/h2-5,7H,6H2,1H3. The Morgan fingerprint density at radius 1 is 1.25 bits per heavy atom. The summed E-state index contributed by atoms with van der Waals surface area (Å²) in [6, 6.07) is 8.25. The van der Waals surface area contributed by atoms with Crippen LogP contribution in [0.2, 0.25) is 0 Å². The van der Waals surface area contributed by atoms with Gasteiger partial charge >= 0.3 is 0 Å². The minimum atomic E-state index is 0.866. The molecule has 0 saturated carbocycles. The molecule has 0 radical (unpaired) electrons. The lowest BCUT2D eigenvalue weighted by atomic mass is 10.0. The molecule has 1 aliphatic heterocycles. The molecular weight excluding hydrogens is 148 g/mol. The first kappa shape index (κ1) is 7.22. The van der Waals surface area contributed by atoms with Gasteiger partial charge in [0.25, 0.3) is 0 Å². The Labute approximate surface area is 71.6 Å². The van der Waals surface area contributed by atoms with E-state index in [0.717, 1.165) is 12.1 Å². The Hall–Kier alpha value is -1.44. The Bertz CT molecular complexity index is 351. The maximum absolute atomic E-state index is 4.05. The molecule has 0 atom stereocenters. The lowest BCUT2D eigenvalue weighted by Crippen LogP contribution is -1.99. The number of benzene rings is 1. The average molecular weight is 158 g/mol. The Kier molecular flexibility index (Phi) is 1.74. The topological polar surface area (TPSA) is 24.7 Å². The predicted molar refractivity (Wildman–Crippen MR) is 50.8 cm³/mol. The fourth-order valence-corrected chi connectivity index (χ4v) is 1.34. The fraction of sp³-hybridized carbons (Fsp3) is 0.200. The third-order valence-electron chi connectivity index (χ3n) is 2.00. The molecule has 1 aliphatic rings. The monoisotopic (exact) mass is 158 g/mol. The van der Waals surface area contributed by atoms with E-state index in [2.05, 4.69) is 29.3 Å². The van der Waals surface area contributed by atoms with Crippen LogP contribution in [0.5, 0.6) is 0 Å². The van der Waals surface area contributed by atoms with E-state index in [4.69, 9.17) is 0 Å². The van der Waals surface area contributed by atoms with E-state index >= 15 is 0 Å². The van der Waals surface area contributed by atoms with Crippen LogP contribution in [0.4, 0.5) is 0 Å². The Morgan fingerprint density at radius 3 is 2.75 bits per heavy atom. The highest BCUT2D eigenvalue weighted by molar-refractivity contribution is 6.10. The molecule has 0 unspecified atom stereocenters. The third kappa shape index (κ3) is 1.16. The van der Waals surface area contributed by atoms with Crippen molar-refractivity contribution in [3.63, 3.8) is 0 Å². The van der Waals surface area contributed by atoms with Crippen molar-refractivity contribution in [2.24, 2.45) is 10.2 Å². The van der Waals surface area contributed by atoms with Gasteiger partial charge in [0.15, 0.2) is 0 Å². The summed E-state index contributed by atoms with van der Waals surface area (Å²) in [7, 11) is 0. The molecule has 2 rings (SSSR count). The van der Waals surface area contributed by atoms with E-state index in [1.165, 1.54) is 11.1 Å². The molecule has 12 heavy (non-hydrogen) atoms. The normalized spacial score (nSPS) is 14.9. The number of hydrogen-bond acceptors (Lipinski definition) is 2. The Balaban J connectivity index is 2.40. The minimum absolute atomic E-state index is 0.866. The van der Waals surface area contributed by atoms with E-state index in [0.29, 0.717) is 0 Å². The SMILES string of the molecule is Cc1ccccc1C1=NN=CC1.